The van der Waals surface area contributed by atoms with Crippen LogP contribution in [0.3, 0.4) is 0 Å². The standard InChI is InChI=1S/C12H14N2O4/c1-2-17-11(15)6-10-12(16)14-8-4-3-7(13)5-9(8)18-10/h3-5,10H,2,6,13H2,1H3,(H,14,16). The van der Waals surface area contributed by atoms with E-state index < -0.39 is 12.1 Å². The first-order valence-corrected chi connectivity index (χ1v) is 5.63. The first kappa shape index (κ1) is 12.2. The zero-order valence-electron chi connectivity index (χ0n) is 9.93. The summed E-state index contributed by atoms with van der Waals surface area (Å²) < 4.78 is 10.2. The van der Waals surface area contributed by atoms with Crippen LogP contribution in [0.4, 0.5) is 11.4 Å². The molecule has 6 nitrogen and oxygen atoms in total. The van der Waals surface area contributed by atoms with Crippen LogP contribution >= 0.6 is 0 Å². The fraction of sp³-hybridized carbons (Fsp3) is 0.333. The van der Waals surface area contributed by atoms with Crippen LogP contribution in [0, 0.1) is 0 Å². The molecular weight excluding hydrogens is 236 g/mol. The predicted octanol–water partition coefficient (Wildman–Crippen LogP) is 0.922. The van der Waals surface area contributed by atoms with Crippen molar-refractivity contribution in [3.8, 4) is 5.75 Å². The molecule has 3 N–H and O–H groups in total. The number of carbonyl (C=O) groups excluding carboxylic acids is 2. The molecule has 1 amide bonds. The topological polar surface area (TPSA) is 90.7 Å². The number of carbonyl (C=O) groups is 2. The smallest absolute Gasteiger partial charge is 0.310 e. The van der Waals surface area contributed by atoms with E-state index in [-0.39, 0.29) is 18.9 Å². The molecule has 2 rings (SSSR count). The molecule has 1 aliphatic heterocycles. The van der Waals surface area contributed by atoms with Gasteiger partial charge in [-0.1, -0.05) is 0 Å². The Morgan fingerprint density at radius 1 is 1.56 bits per heavy atom. The van der Waals surface area contributed by atoms with E-state index in [4.69, 9.17) is 15.2 Å². The van der Waals surface area contributed by atoms with Crippen molar-refractivity contribution in [2.45, 2.75) is 19.4 Å². The maximum Gasteiger partial charge on any atom is 0.310 e. The molecule has 0 saturated carbocycles. The number of amides is 1. The largest absolute Gasteiger partial charge is 0.478 e. The molecule has 0 aromatic heterocycles. The molecule has 1 unspecified atom stereocenters. The second-order valence-electron chi connectivity index (χ2n) is 3.86. The number of fused-ring (bicyclic) bond motifs is 1. The van der Waals surface area contributed by atoms with Gasteiger partial charge < -0.3 is 20.5 Å². The fourth-order valence-electron chi connectivity index (χ4n) is 1.67. The van der Waals surface area contributed by atoms with Crippen molar-refractivity contribution in [3.63, 3.8) is 0 Å². The van der Waals surface area contributed by atoms with E-state index in [9.17, 15) is 9.59 Å². The van der Waals surface area contributed by atoms with Crippen molar-refractivity contribution in [2.75, 3.05) is 17.7 Å². The predicted molar refractivity (Wildman–Crippen MR) is 65.2 cm³/mol. The summed E-state index contributed by atoms with van der Waals surface area (Å²) in [5.74, 6) is -0.366. The Bertz CT molecular complexity index is 487. The van der Waals surface area contributed by atoms with Gasteiger partial charge in [-0.15, -0.1) is 0 Å². The molecule has 0 radical (unpaired) electrons. The van der Waals surface area contributed by atoms with Gasteiger partial charge in [-0.05, 0) is 19.1 Å². The molecule has 1 atom stereocenters. The maximum absolute atomic E-state index is 11.7. The lowest BCUT2D eigenvalue weighted by molar-refractivity contribution is -0.147. The molecular formula is C12H14N2O4. The molecule has 0 saturated heterocycles. The summed E-state index contributed by atoms with van der Waals surface area (Å²) in [6.07, 6.45) is -0.994. The van der Waals surface area contributed by atoms with Crippen LogP contribution in [-0.4, -0.2) is 24.6 Å². The SMILES string of the molecule is CCOC(=O)CC1Oc2cc(N)ccc2NC1=O. The second kappa shape index (κ2) is 4.95. The second-order valence-corrected chi connectivity index (χ2v) is 3.86. The first-order valence-electron chi connectivity index (χ1n) is 5.63. The minimum Gasteiger partial charge on any atom is -0.478 e. The van der Waals surface area contributed by atoms with Crippen LogP contribution in [0.2, 0.25) is 0 Å². The van der Waals surface area contributed by atoms with E-state index in [0.717, 1.165) is 0 Å². The third-order valence-electron chi connectivity index (χ3n) is 2.48. The van der Waals surface area contributed by atoms with E-state index in [0.29, 0.717) is 17.1 Å². The van der Waals surface area contributed by atoms with Gasteiger partial charge in [0.15, 0.2) is 6.10 Å². The molecule has 1 aliphatic rings. The molecule has 1 aromatic rings. The third-order valence-corrected chi connectivity index (χ3v) is 2.48. The van der Waals surface area contributed by atoms with Gasteiger partial charge in [0.1, 0.15) is 5.75 Å². The van der Waals surface area contributed by atoms with Crippen molar-refractivity contribution < 1.29 is 19.1 Å². The van der Waals surface area contributed by atoms with Crippen LogP contribution in [0.25, 0.3) is 0 Å². The molecule has 1 heterocycles. The Morgan fingerprint density at radius 2 is 2.33 bits per heavy atom. The number of esters is 1. The summed E-state index contributed by atoms with van der Waals surface area (Å²) >= 11 is 0. The zero-order chi connectivity index (χ0) is 13.1. The number of ether oxygens (including phenoxy) is 2. The number of nitrogens with one attached hydrogen (secondary N) is 1. The monoisotopic (exact) mass is 250 g/mol. The number of hydrogen-bond acceptors (Lipinski definition) is 5. The van der Waals surface area contributed by atoms with Gasteiger partial charge in [0.05, 0.1) is 18.7 Å². The van der Waals surface area contributed by atoms with Gasteiger partial charge in [-0.3, -0.25) is 9.59 Å². The van der Waals surface area contributed by atoms with Crippen molar-refractivity contribution in [1.82, 2.24) is 0 Å². The van der Waals surface area contributed by atoms with E-state index in [2.05, 4.69) is 5.32 Å². The molecule has 18 heavy (non-hydrogen) atoms. The molecule has 96 valence electrons. The highest BCUT2D eigenvalue weighted by Gasteiger charge is 2.30. The number of anilines is 2. The minimum absolute atomic E-state index is 0.117. The Kier molecular flexibility index (Phi) is 3.36. The van der Waals surface area contributed by atoms with E-state index in [1.807, 2.05) is 0 Å². The third kappa shape index (κ3) is 2.53. The Labute approximate surface area is 104 Å². The molecule has 1 aromatic carbocycles. The van der Waals surface area contributed by atoms with Gasteiger partial charge in [0.25, 0.3) is 5.91 Å². The lowest BCUT2D eigenvalue weighted by Gasteiger charge is -2.25. The van der Waals surface area contributed by atoms with Crippen molar-refractivity contribution in [1.29, 1.82) is 0 Å². The number of nitrogens with two attached hydrogens (primary N) is 1. The maximum atomic E-state index is 11.7. The molecule has 6 heteroatoms. The van der Waals surface area contributed by atoms with Crippen molar-refractivity contribution in [2.24, 2.45) is 0 Å². The summed E-state index contributed by atoms with van der Waals surface area (Å²) in [5, 5.41) is 2.66. The number of nitrogen functional groups attached to an aromatic ring is 1. The van der Waals surface area contributed by atoms with Gasteiger partial charge in [-0.25, -0.2) is 0 Å². The van der Waals surface area contributed by atoms with Crippen LogP contribution in [0.1, 0.15) is 13.3 Å². The number of hydrogen-bond donors (Lipinski definition) is 2. The summed E-state index contributed by atoms with van der Waals surface area (Å²) in [5.41, 5.74) is 6.70. The van der Waals surface area contributed by atoms with E-state index in [1.165, 1.54) is 0 Å². The summed E-state index contributed by atoms with van der Waals surface area (Å²) in [6.45, 7) is 1.98. The minimum atomic E-state index is -0.877. The summed E-state index contributed by atoms with van der Waals surface area (Å²) in [7, 11) is 0. The van der Waals surface area contributed by atoms with Crippen LogP contribution < -0.4 is 15.8 Å². The van der Waals surface area contributed by atoms with Crippen LogP contribution in [0.15, 0.2) is 18.2 Å². The number of benzene rings is 1. The molecule has 0 spiro atoms. The highest BCUT2D eigenvalue weighted by Crippen LogP contribution is 2.32. The summed E-state index contributed by atoms with van der Waals surface area (Å²) in [6, 6.07) is 4.92. The van der Waals surface area contributed by atoms with Crippen molar-refractivity contribution >= 4 is 23.3 Å². The van der Waals surface area contributed by atoms with Gasteiger partial charge in [-0.2, -0.15) is 0 Å². The average Bonchev–Trinajstić information content (AvgIpc) is 2.31. The zero-order valence-corrected chi connectivity index (χ0v) is 9.93. The van der Waals surface area contributed by atoms with Gasteiger partial charge in [0, 0.05) is 11.8 Å². The quantitative estimate of drug-likeness (QED) is 0.615. The fourth-order valence-corrected chi connectivity index (χ4v) is 1.67. The molecule has 0 fully saturated rings. The highest BCUT2D eigenvalue weighted by atomic mass is 16.5. The Balaban J connectivity index is 2.12. The van der Waals surface area contributed by atoms with Crippen LogP contribution in [-0.2, 0) is 14.3 Å². The lowest BCUT2D eigenvalue weighted by atomic mass is 10.1. The summed E-state index contributed by atoms with van der Waals surface area (Å²) in [4.78, 5) is 23.0. The normalized spacial score (nSPS) is 17.4. The van der Waals surface area contributed by atoms with Crippen molar-refractivity contribution in [3.05, 3.63) is 18.2 Å². The Morgan fingerprint density at radius 3 is 3.06 bits per heavy atom. The molecule has 0 bridgehead atoms. The van der Waals surface area contributed by atoms with Gasteiger partial charge >= 0.3 is 5.97 Å². The first-order chi connectivity index (χ1) is 8.60. The average molecular weight is 250 g/mol. The van der Waals surface area contributed by atoms with E-state index >= 15 is 0 Å². The number of rotatable bonds is 3. The van der Waals surface area contributed by atoms with Crippen LogP contribution in [0.5, 0.6) is 5.75 Å². The Hall–Kier alpha value is -2.24. The highest BCUT2D eigenvalue weighted by molar-refractivity contribution is 5.99. The van der Waals surface area contributed by atoms with E-state index in [1.54, 1.807) is 25.1 Å². The molecule has 0 aliphatic carbocycles. The lowest BCUT2D eigenvalue weighted by Crippen LogP contribution is -2.38. The van der Waals surface area contributed by atoms with Gasteiger partial charge in [0.2, 0.25) is 0 Å².